The molecule has 0 rings (SSSR count). The van der Waals surface area contributed by atoms with E-state index >= 15 is 0 Å². The molecular formula is C5H10ClNO4S. The number of esters is 1. The second kappa shape index (κ2) is 4.64. The van der Waals surface area contributed by atoms with E-state index in [1.165, 1.54) is 7.11 Å². The summed E-state index contributed by atoms with van der Waals surface area (Å²) < 4.78 is 25.1. The van der Waals surface area contributed by atoms with E-state index in [4.69, 9.17) is 16.4 Å². The van der Waals surface area contributed by atoms with Crippen LogP contribution in [0.4, 0.5) is 0 Å². The minimum absolute atomic E-state index is 0.0293. The molecule has 0 spiro atoms. The molecule has 0 aromatic heterocycles. The van der Waals surface area contributed by atoms with Crippen molar-refractivity contribution in [3.63, 3.8) is 0 Å². The highest BCUT2D eigenvalue weighted by Gasteiger charge is 2.16. The summed E-state index contributed by atoms with van der Waals surface area (Å²) >= 11 is 0. The smallest absolute Gasteiger partial charge is 0.322 e. The molecule has 0 aliphatic rings. The Labute approximate surface area is 75.2 Å². The predicted octanol–water partition coefficient (Wildman–Crippen LogP) is -0.555. The maximum Gasteiger partial charge on any atom is 0.322 e. The lowest BCUT2D eigenvalue weighted by molar-refractivity contribution is -0.142. The third-order valence-electron chi connectivity index (χ3n) is 1.18. The van der Waals surface area contributed by atoms with Crippen LogP contribution in [0.15, 0.2) is 0 Å². The van der Waals surface area contributed by atoms with Gasteiger partial charge in [0.2, 0.25) is 9.05 Å². The Balaban J connectivity index is 3.88. The van der Waals surface area contributed by atoms with Gasteiger partial charge in [-0.3, -0.25) is 4.79 Å². The lowest BCUT2D eigenvalue weighted by atomic mass is 10.2. The summed E-state index contributed by atoms with van der Waals surface area (Å²) in [4.78, 5) is 10.6. The zero-order valence-corrected chi connectivity index (χ0v) is 8.06. The van der Waals surface area contributed by atoms with E-state index < -0.39 is 21.1 Å². The van der Waals surface area contributed by atoms with Crippen LogP contribution in [-0.4, -0.2) is 33.3 Å². The lowest BCUT2D eigenvalue weighted by Gasteiger charge is -2.06. The van der Waals surface area contributed by atoms with Crippen LogP contribution in [0, 0.1) is 0 Å². The summed E-state index contributed by atoms with van der Waals surface area (Å²) in [6.45, 7) is 0. The highest BCUT2D eigenvalue weighted by atomic mass is 35.7. The Morgan fingerprint density at radius 2 is 2.17 bits per heavy atom. The number of rotatable bonds is 4. The summed E-state index contributed by atoms with van der Waals surface area (Å²) in [5.41, 5.74) is 5.24. The monoisotopic (exact) mass is 215 g/mol. The van der Waals surface area contributed by atoms with Crippen molar-refractivity contribution >= 4 is 25.7 Å². The number of nitrogens with two attached hydrogens (primary N) is 1. The van der Waals surface area contributed by atoms with Crippen LogP contribution >= 0.6 is 10.7 Å². The van der Waals surface area contributed by atoms with E-state index in [9.17, 15) is 13.2 Å². The summed E-state index contributed by atoms with van der Waals surface area (Å²) in [5, 5.41) is 0. The molecule has 0 aromatic carbocycles. The van der Waals surface area contributed by atoms with Gasteiger partial charge in [-0.2, -0.15) is 0 Å². The molecule has 72 valence electrons. The van der Waals surface area contributed by atoms with Gasteiger partial charge in [0.25, 0.3) is 0 Å². The van der Waals surface area contributed by atoms with Crippen LogP contribution in [-0.2, 0) is 18.6 Å². The second-order valence-corrected chi connectivity index (χ2v) is 5.06. The highest BCUT2D eigenvalue weighted by molar-refractivity contribution is 8.13. The molecule has 0 heterocycles. The quantitative estimate of drug-likeness (QED) is 0.502. The van der Waals surface area contributed by atoms with Crippen LogP contribution < -0.4 is 5.73 Å². The summed E-state index contributed by atoms with van der Waals surface area (Å²) in [7, 11) is 2.49. The normalized spacial score (nSPS) is 13.9. The summed E-state index contributed by atoms with van der Waals surface area (Å²) in [6.07, 6.45) is -0.0293. The van der Waals surface area contributed by atoms with Crippen molar-refractivity contribution in [1.82, 2.24) is 0 Å². The molecule has 0 aliphatic carbocycles. The van der Waals surface area contributed by atoms with Gasteiger partial charge in [0.15, 0.2) is 0 Å². The van der Waals surface area contributed by atoms with Gasteiger partial charge in [-0.15, -0.1) is 0 Å². The minimum Gasteiger partial charge on any atom is -0.468 e. The molecule has 0 saturated heterocycles. The SMILES string of the molecule is COC(=O)C(N)CCS(=O)(=O)Cl. The third-order valence-corrected chi connectivity index (χ3v) is 2.36. The van der Waals surface area contributed by atoms with Crippen LogP contribution in [0.25, 0.3) is 0 Å². The van der Waals surface area contributed by atoms with Crippen molar-refractivity contribution in [3.05, 3.63) is 0 Å². The Morgan fingerprint density at radius 1 is 1.67 bits per heavy atom. The molecule has 0 bridgehead atoms. The maximum atomic E-state index is 10.6. The standard InChI is InChI=1S/C5H10ClNO4S/c1-11-5(8)4(7)2-3-12(6,9)10/h4H,2-3,7H2,1H3. The molecule has 0 radical (unpaired) electrons. The second-order valence-electron chi connectivity index (χ2n) is 2.16. The van der Waals surface area contributed by atoms with Crippen LogP contribution in [0.1, 0.15) is 6.42 Å². The molecule has 0 fully saturated rings. The van der Waals surface area contributed by atoms with Gasteiger partial charge in [-0.25, -0.2) is 8.42 Å². The Morgan fingerprint density at radius 3 is 2.50 bits per heavy atom. The first-order chi connectivity index (χ1) is 5.37. The number of hydrogen-bond donors (Lipinski definition) is 1. The van der Waals surface area contributed by atoms with Crippen molar-refractivity contribution in [1.29, 1.82) is 0 Å². The highest BCUT2D eigenvalue weighted by Crippen LogP contribution is 2.01. The molecule has 0 saturated carbocycles. The van der Waals surface area contributed by atoms with Crippen molar-refractivity contribution in [2.24, 2.45) is 5.73 Å². The van der Waals surface area contributed by atoms with Gasteiger partial charge >= 0.3 is 5.97 Å². The van der Waals surface area contributed by atoms with Crippen LogP contribution in [0.2, 0.25) is 0 Å². The number of hydrogen-bond acceptors (Lipinski definition) is 5. The van der Waals surface area contributed by atoms with Gasteiger partial charge in [-0.1, -0.05) is 0 Å². The molecule has 1 atom stereocenters. The maximum absolute atomic E-state index is 10.6. The number of ether oxygens (including phenoxy) is 1. The Hall–Kier alpha value is -0.330. The zero-order chi connectivity index (χ0) is 9.78. The molecule has 1 unspecified atom stereocenters. The molecule has 0 aliphatic heterocycles. The van der Waals surface area contributed by atoms with E-state index in [1.807, 2.05) is 0 Å². The summed E-state index contributed by atoms with van der Waals surface area (Å²) in [6, 6.07) is -0.927. The van der Waals surface area contributed by atoms with Gasteiger partial charge in [0, 0.05) is 10.7 Å². The fraction of sp³-hybridized carbons (Fsp3) is 0.800. The number of carbonyl (C=O) groups excluding carboxylic acids is 1. The van der Waals surface area contributed by atoms with Crippen LogP contribution in [0.5, 0.6) is 0 Å². The van der Waals surface area contributed by atoms with E-state index in [1.54, 1.807) is 0 Å². The number of halogens is 1. The van der Waals surface area contributed by atoms with E-state index in [0.29, 0.717) is 0 Å². The molecule has 5 nitrogen and oxygen atoms in total. The third kappa shape index (κ3) is 5.34. The molecular weight excluding hydrogens is 206 g/mol. The first kappa shape index (κ1) is 11.7. The van der Waals surface area contributed by atoms with Gasteiger partial charge in [-0.05, 0) is 6.42 Å². The van der Waals surface area contributed by atoms with Gasteiger partial charge in [0.1, 0.15) is 6.04 Å². The van der Waals surface area contributed by atoms with E-state index in [-0.39, 0.29) is 12.2 Å². The Bertz CT molecular complexity index is 250. The number of methoxy groups -OCH3 is 1. The van der Waals surface area contributed by atoms with Crippen LogP contribution in [0.3, 0.4) is 0 Å². The molecule has 7 heteroatoms. The average Bonchev–Trinajstić information content (AvgIpc) is 1.97. The van der Waals surface area contributed by atoms with Gasteiger partial charge < -0.3 is 10.5 Å². The lowest BCUT2D eigenvalue weighted by Crippen LogP contribution is -2.33. The first-order valence-corrected chi connectivity index (χ1v) is 5.60. The van der Waals surface area contributed by atoms with Crippen molar-refractivity contribution in [2.45, 2.75) is 12.5 Å². The van der Waals surface area contributed by atoms with Gasteiger partial charge in [0.05, 0.1) is 12.9 Å². The van der Waals surface area contributed by atoms with Crippen molar-refractivity contribution in [3.8, 4) is 0 Å². The largest absolute Gasteiger partial charge is 0.468 e. The fourth-order valence-electron chi connectivity index (χ4n) is 0.537. The molecule has 0 aromatic rings. The van der Waals surface area contributed by atoms with Crippen molar-refractivity contribution < 1.29 is 17.9 Å². The van der Waals surface area contributed by atoms with Crippen molar-refractivity contribution in [2.75, 3.05) is 12.9 Å². The fourth-order valence-corrected chi connectivity index (χ4v) is 1.34. The Kier molecular flexibility index (Phi) is 4.51. The van der Waals surface area contributed by atoms with E-state index in [0.717, 1.165) is 0 Å². The van der Waals surface area contributed by atoms with E-state index in [2.05, 4.69) is 4.74 Å². The molecule has 0 amide bonds. The zero-order valence-electron chi connectivity index (χ0n) is 6.49. The first-order valence-electron chi connectivity index (χ1n) is 3.12. The average molecular weight is 216 g/mol. The summed E-state index contributed by atoms with van der Waals surface area (Å²) in [5.74, 6) is -0.972. The topological polar surface area (TPSA) is 86.5 Å². The molecule has 12 heavy (non-hydrogen) atoms. The minimum atomic E-state index is -3.58. The number of carbonyl (C=O) groups is 1. The molecule has 2 N–H and O–H groups in total. The predicted molar refractivity (Wildman–Crippen MR) is 44.2 cm³/mol.